The van der Waals surface area contributed by atoms with E-state index < -0.39 is 0 Å². The first-order valence-corrected chi connectivity index (χ1v) is 9.50. The van der Waals surface area contributed by atoms with Crippen LogP contribution in [-0.2, 0) is 23.3 Å². The molecular formula is C15H22SiZr-4. The standard InChI is InChI=1S/C6H7.C5H5.C3H7.CH3.Si.Zr/c1-6-4-2-3-5-6;1-2-4-5-3-1;1-3-2;;;/h2,4H,3H2,1H3;1-3H,4H2;1,3H2,2H3;1H3;;/q4*-1;;. The minimum absolute atomic E-state index is 0. The van der Waals surface area contributed by atoms with Crippen LogP contribution in [-0.4, -0.2) is 6.88 Å². The average Bonchev–Trinajstić information content (AvgIpc) is 2.96. The van der Waals surface area contributed by atoms with Crippen LogP contribution < -0.4 is 0 Å². The molecule has 2 rings (SSSR count). The van der Waals surface area contributed by atoms with E-state index in [4.69, 9.17) is 0 Å². The second kappa shape index (κ2) is 21.4. The Morgan fingerprint density at radius 2 is 1.94 bits per heavy atom. The Hall–Kier alpha value is 0.0600. The molecule has 0 aromatic heterocycles. The van der Waals surface area contributed by atoms with E-state index in [0.717, 1.165) is 19.3 Å². The van der Waals surface area contributed by atoms with Gasteiger partial charge in [-0.2, -0.15) is 18.6 Å². The third-order valence-corrected chi connectivity index (χ3v) is 1.45. The fourth-order valence-corrected chi connectivity index (χ4v) is 0.855. The van der Waals surface area contributed by atoms with Crippen LogP contribution in [0.4, 0.5) is 0 Å². The Labute approximate surface area is 125 Å². The van der Waals surface area contributed by atoms with Crippen molar-refractivity contribution in [1.82, 2.24) is 0 Å². The van der Waals surface area contributed by atoms with Crippen LogP contribution in [0.15, 0.2) is 36.0 Å². The van der Waals surface area contributed by atoms with E-state index in [1.807, 2.05) is 19.1 Å². The van der Waals surface area contributed by atoms with Crippen molar-refractivity contribution >= 4 is 6.88 Å². The predicted octanol–water partition coefficient (Wildman–Crippen LogP) is 4.30. The fourth-order valence-electron chi connectivity index (χ4n) is 0.855. The van der Waals surface area contributed by atoms with Gasteiger partial charge in [-0.3, -0.25) is 12.2 Å². The quantitative estimate of drug-likeness (QED) is 0.461. The fraction of sp³-hybridized carbons (Fsp3) is 0.333. The van der Waals surface area contributed by atoms with Gasteiger partial charge in [0.2, 0.25) is 0 Å². The maximum absolute atomic E-state index is 3.49. The van der Waals surface area contributed by atoms with E-state index in [2.05, 4.69) is 51.1 Å². The topological polar surface area (TPSA) is 0 Å². The Kier molecular flexibility index (Phi) is 28.0. The van der Waals surface area contributed by atoms with Crippen molar-refractivity contribution in [1.29, 1.82) is 0 Å². The average molecular weight is 322 g/mol. The van der Waals surface area contributed by atoms with Crippen LogP contribution >= 0.6 is 0 Å². The molecule has 2 heteroatoms. The first kappa shape index (κ1) is 22.3. The molecule has 0 heterocycles. The number of hydrogen-bond donors (Lipinski definition) is 0. The summed E-state index contributed by atoms with van der Waals surface area (Å²) in [6.07, 6.45) is 19.3. The molecule has 0 aromatic rings. The summed E-state index contributed by atoms with van der Waals surface area (Å²) in [6, 6.07) is 0. The van der Waals surface area contributed by atoms with Gasteiger partial charge in [0.15, 0.2) is 0 Å². The van der Waals surface area contributed by atoms with Crippen LogP contribution in [0.5, 0.6) is 0 Å². The van der Waals surface area contributed by atoms with Gasteiger partial charge in [0.05, 0.1) is 0 Å². The van der Waals surface area contributed by atoms with Crippen molar-refractivity contribution in [2.24, 2.45) is 0 Å². The second-order valence-corrected chi connectivity index (χ2v) is 2.97. The zero-order valence-corrected chi connectivity index (χ0v) is 14.7. The molecule has 0 N–H and O–H groups in total. The van der Waals surface area contributed by atoms with E-state index >= 15 is 0 Å². The van der Waals surface area contributed by atoms with Crippen molar-refractivity contribution in [2.45, 2.75) is 33.1 Å². The normalized spacial score (nSPS) is 12.9. The molecular weight excluding hydrogens is 299 g/mol. The summed E-state index contributed by atoms with van der Waals surface area (Å²) in [5, 5.41) is 0. The summed E-state index contributed by atoms with van der Waals surface area (Å²) in [6.45, 7) is 10.6. The molecule has 0 amide bonds. The Bertz CT molecular complexity index is 237. The van der Waals surface area contributed by atoms with Crippen molar-refractivity contribution in [3.63, 3.8) is 0 Å². The number of rotatable bonds is 0. The van der Waals surface area contributed by atoms with E-state index in [9.17, 15) is 0 Å². The molecule has 17 heavy (non-hydrogen) atoms. The molecule has 0 aromatic carbocycles. The zero-order valence-electron chi connectivity index (χ0n) is 11.2. The monoisotopic (exact) mass is 320 g/mol. The Balaban J connectivity index is -0.000000164. The summed E-state index contributed by atoms with van der Waals surface area (Å²) in [7, 11) is 0. The van der Waals surface area contributed by atoms with Gasteiger partial charge >= 0.3 is 30.2 Å². The maximum atomic E-state index is 3.49. The van der Waals surface area contributed by atoms with Crippen molar-refractivity contribution in [2.75, 3.05) is 0 Å². The van der Waals surface area contributed by atoms with Gasteiger partial charge in [-0.05, 0) is 0 Å². The van der Waals surface area contributed by atoms with Crippen molar-refractivity contribution in [3.8, 4) is 0 Å². The summed E-state index contributed by atoms with van der Waals surface area (Å²) >= 11 is 1.36. The number of hydrogen-bond acceptors (Lipinski definition) is 0. The Morgan fingerprint density at radius 1 is 1.35 bits per heavy atom. The van der Waals surface area contributed by atoms with E-state index in [-0.39, 0.29) is 7.43 Å². The molecule has 0 atom stereocenters. The van der Waals surface area contributed by atoms with Gasteiger partial charge in [-0.25, -0.2) is 23.8 Å². The molecule has 0 aliphatic heterocycles. The molecule has 0 unspecified atom stereocenters. The first-order chi connectivity index (χ1) is 7.81. The van der Waals surface area contributed by atoms with Gasteiger partial charge in [0.1, 0.15) is 0 Å². The third-order valence-electron chi connectivity index (χ3n) is 1.45. The van der Waals surface area contributed by atoms with Gasteiger partial charge in [0.25, 0.3) is 0 Å². The summed E-state index contributed by atoms with van der Waals surface area (Å²) < 4.78 is 0. The molecule has 0 saturated heterocycles. The van der Waals surface area contributed by atoms with Crippen LogP contribution in [0.2, 0.25) is 0 Å². The second-order valence-electron chi connectivity index (χ2n) is 2.97. The zero-order chi connectivity index (χ0) is 12.6. The van der Waals surface area contributed by atoms with Crippen LogP contribution in [0, 0.1) is 26.5 Å². The summed E-state index contributed by atoms with van der Waals surface area (Å²) in [5.74, 6) is 0. The van der Waals surface area contributed by atoms with Crippen LogP contribution in [0.25, 0.3) is 0 Å². The van der Waals surface area contributed by atoms with Crippen molar-refractivity contribution < 1.29 is 23.3 Å². The number of allylic oxidation sites excluding steroid dienone is 8. The van der Waals surface area contributed by atoms with Gasteiger partial charge < -0.3 is 14.4 Å². The van der Waals surface area contributed by atoms with E-state index in [0.29, 0.717) is 0 Å². The first-order valence-electron chi connectivity index (χ1n) is 5.31. The SMILES string of the molecule is CC1=[C-]CC=C1.[C-]1=CC=CC1.[CH2-]CC.[CH3-].[Si]=[Zr]. The minimum atomic E-state index is 0. The molecule has 2 aliphatic carbocycles. The molecule has 2 radical (unpaired) electrons. The molecule has 94 valence electrons. The van der Waals surface area contributed by atoms with Crippen LogP contribution in [0.3, 0.4) is 0 Å². The van der Waals surface area contributed by atoms with Crippen LogP contribution in [0.1, 0.15) is 33.1 Å². The third kappa shape index (κ3) is 21.8. The predicted molar refractivity (Wildman–Crippen MR) is 75.6 cm³/mol. The van der Waals surface area contributed by atoms with Gasteiger partial charge in [-0.15, -0.1) is 12.8 Å². The van der Waals surface area contributed by atoms with Gasteiger partial charge in [0, 0.05) is 0 Å². The van der Waals surface area contributed by atoms with E-state index in [1.165, 1.54) is 28.9 Å². The molecule has 0 nitrogen and oxygen atoms in total. The molecule has 0 fully saturated rings. The Morgan fingerprint density at radius 3 is 2.06 bits per heavy atom. The molecule has 2 aliphatic rings. The summed E-state index contributed by atoms with van der Waals surface area (Å²) in [4.78, 5) is 0. The van der Waals surface area contributed by atoms with Crippen molar-refractivity contribution in [3.05, 3.63) is 62.5 Å². The van der Waals surface area contributed by atoms with Gasteiger partial charge in [-0.1, -0.05) is 13.8 Å². The molecule has 0 spiro atoms. The summed E-state index contributed by atoms with van der Waals surface area (Å²) in [5.41, 5.74) is 1.27. The van der Waals surface area contributed by atoms with E-state index in [1.54, 1.807) is 0 Å². The molecule has 0 bridgehead atoms. The molecule has 0 saturated carbocycles.